The fourth-order valence-electron chi connectivity index (χ4n) is 2.45. The average Bonchev–Trinajstić information content (AvgIpc) is 2.69. The van der Waals surface area contributed by atoms with Crippen LogP contribution in [0.5, 0.6) is 0 Å². The summed E-state index contributed by atoms with van der Waals surface area (Å²) >= 11 is 0. The quantitative estimate of drug-likeness (QED) is 0.551. The molecule has 0 radical (unpaired) electrons. The van der Waals surface area contributed by atoms with Gasteiger partial charge in [-0.05, 0) is 17.5 Å². The Morgan fingerprint density at radius 3 is 2.00 bits per heavy atom. The van der Waals surface area contributed by atoms with Crippen LogP contribution in [0, 0.1) is 0 Å². The number of benzene rings is 2. The summed E-state index contributed by atoms with van der Waals surface area (Å²) in [4.78, 5) is 29.2. The molecule has 2 rings (SSSR count). The summed E-state index contributed by atoms with van der Waals surface area (Å²) in [6.45, 7) is 1.52. The summed E-state index contributed by atoms with van der Waals surface area (Å²) in [5.41, 5.74) is 1.36. The van der Waals surface area contributed by atoms with Crippen LogP contribution in [0.25, 0.3) is 0 Å². The van der Waals surface area contributed by atoms with Crippen LogP contribution in [0.2, 0.25) is 0 Å². The summed E-state index contributed by atoms with van der Waals surface area (Å²) in [6.07, 6.45) is -1.86. The van der Waals surface area contributed by atoms with E-state index < -0.39 is 23.6 Å². The lowest BCUT2D eigenvalue weighted by atomic mass is 9.93. The minimum atomic E-state index is -2.38. The number of carbonyl (C=O) groups is 2. The zero-order chi connectivity index (χ0) is 19.7. The first-order chi connectivity index (χ1) is 13.0. The maximum absolute atomic E-state index is 12.5. The number of carboxylic acids is 1. The number of hydroxylamine groups is 1. The average molecular weight is 373 g/mol. The van der Waals surface area contributed by atoms with Crippen molar-refractivity contribution in [1.29, 1.82) is 0 Å². The van der Waals surface area contributed by atoms with Crippen molar-refractivity contribution in [1.82, 2.24) is 5.48 Å². The number of hydrogen-bond donors (Lipinski definition) is 3. The van der Waals surface area contributed by atoms with Gasteiger partial charge in [0.15, 0.2) is 11.7 Å². The van der Waals surface area contributed by atoms with E-state index in [4.69, 9.17) is 9.57 Å². The molecule has 2 aromatic rings. The van der Waals surface area contributed by atoms with Crippen LogP contribution in [0.3, 0.4) is 0 Å². The van der Waals surface area contributed by atoms with Crippen LogP contribution in [-0.4, -0.2) is 33.8 Å². The van der Waals surface area contributed by atoms with E-state index in [0.29, 0.717) is 0 Å². The second-order valence-corrected chi connectivity index (χ2v) is 6.00. The first-order valence-corrected chi connectivity index (χ1v) is 8.54. The van der Waals surface area contributed by atoms with Gasteiger partial charge in [0.25, 0.3) is 5.91 Å². The molecule has 1 amide bonds. The van der Waals surface area contributed by atoms with Crippen molar-refractivity contribution in [3.8, 4) is 0 Å². The lowest BCUT2D eigenvalue weighted by molar-refractivity contribution is -0.189. The Morgan fingerprint density at radius 2 is 1.52 bits per heavy atom. The number of aliphatic carboxylic acids is 1. The van der Waals surface area contributed by atoms with Crippen LogP contribution in [0.4, 0.5) is 0 Å². The van der Waals surface area contributed by atoms with E-state index in [2.05, 4.69) is 5.48 Å². The van der Waals surface area contributed by atoms with E-state index in [0.717, 1.165) is 11.1 Å². The molecule has 0 aliphatic rings. The molecule has 144 valence electrons. The van der Waals surface area contributed by atoms with Gasteiger partial charge in [0.2, 0.25) is 0 Å². The van der Waals surface area contributed by atoms with Crippen LogP contribution in [0.1, 0.15) is 24.5 Å². The minimum Gasteiger partial charge on any atom is -0.479 e. The van der Waals surface area contributed by atoms with E-state index in [1.54, 1.807) is 24.3 Å². The number of carboxylic acid groups (broad SMARTS) is 1. The van der Waals surface area contributed by atoms with Gasteiger partial charge in [-0.3, -0.25) is 9.63 Å². The highest BCUT2D eigenvalue weighted by Gasteiger charge is 2.48. The molecule has 0 saturated carbocycles. The molecule has 0 aliphatic carbocycles. The molecular formula is C20H23NO6. The van der Waals surface area contributed by atoms with Gasteiger partial charge in [0, 0.05) is 0 Å². The molecular weight excluding hydrogens is 350 g/mol. The second-order valence-electron chi connectivity index (χ2n) is 6.00. The van der Waals surface area contributed by atoms with Gasteiger partial charge >= 0.3 is 5.97 Å². The molecule has 2 atom stereocenters. The summed E-state index contributed by atoms with van der Waals surface area (Å²) in [5.74, 6) is -2.41. The van der Waals surface area contributed by atoms with Gasteiger partial charge in [-0.15, -0.1) is 0 Å². The Balaban J connectivity index is 2.05. The summed E-state index contributed by atoms with van der Waals surface area (Å²) in [6, 6.07) is 18.1. The highest BCUT2D eigenvalue weighted by atomic mass is 16.7. The summed E-state index contributed by atoms with van der Waals surface area (Å²) in [5, 5.41) is 19.9. The molecule has 0 aromatic heterocycles. The molecule has 0 spiro atoms. The number of carbonyl (C=O) groups excluding carboxylic acids is 1. The zero-order valence-electron chi connectivity index (χ0n) is 15.0. The summed E-state index contributed by atoms with van der Waals surface area (Å²) < 4.78 is 5.49. The van der Waals surface area contributed by atoms with Crippen molar-refractivity contribution in [3.05, 3.63) is 71.8 Å². The molecule has 0 aliphatic heterocycles. The number of aliphatic hydroxyl groups is 1. The highest BCUT2D eigenvalue weighted by molar-refractivity contribution is 5.90. The van der Waals surface area contributed by atoms with Crippen molar-refractivity contribution in [2.24, 2.45) is 0 Å². The maximum Gasteiger partial charge on any atom is 0.339 e. The van der Waals surface area contributed by atoms with Crippen molar-refractivity contribution >= 4 is 11.9 Å². The Hall–Kier alpha value is -2.74. The van der Waals surface area contributed by atoms with Gasteiger partial charge in [-0.2, -0.15) is 0 Å². The molecule has 3 N–H and O–H groups in total. The van der Waals surface area contributed by atoms with Crippen molar-refractivity contribution in [2.45, 2.75) is 38.3 Å². The molecule has 0 saturated heterocycles. The smallest absolute Gasteiger partial charge is 0.339 e. The van der Waals surface area contributed by atoms with Gasteiger partial charge in [0.05, 0.1) is 13.2 Å². The minimum absolute atomic E-state index is 0.0345. The number of hydrogen-bond acceptors (Lipinski definition) is 5. The maximum atomic E-state index is 12.5. The fourth-order valence-corrected chi connectivity index (χ4v) is 2.45. The predicted octanol–water partition coefficient (Wildman–Crippen LogP) is 2.05. The molecule has 0 fully saturated rings. The normalized spacial score (nSPS) is 14.1. The second kappa shape index (κ2) is 9.82. The van der Waals surface area contributed by atoms with E-state index in [9.17, 15) is 19.8 Å². The van der Waals surface area contributed by atoms with Crippen molar-refractivity contribution in [3.63, 3.8) is 0 Å². The topological polar surface area (TPSA) is 105 Å². The number of ether oxygens (including phenoxy) is 1. The van der Waals surface area contributed by atoms with Crippen LogP contribution < -0.4 is 5.48 Å². The van der Waals surface area contributed by atoms with Crippen LogP contribution in [-0.2, 0) is 32.4 Å². The highest BCUT2D eigenvalue weighted by Crippen LogP contribution is 2.21. The third-order valence-corrected chi connectivity index (χ3v) is 4.10. The molecule has 27 heavy (non-hydrogen) atoms. The Morgan fingerprint density at radius 1 is 1.00 bits per heavy atom. The lowest BCUT2D eigenvalue weighted by Gasteiger charge is -2.30. The van der Waals surface area contributed by atoms with Gasteiger partial charge in [-0.25, -0.2) is 10.3 Å². The van der Waals surface area contributed by atoms with Gasteiger partial charge in [-0.1, -0.05) is 67.6 Å². The van der Waals surface area contributed by atoms with Crippen molar-refractivity contribution < 1.29 is 29.4 Å². The molecule has 0 bridgehead atoms. The first kappa shape index (κ1) is 20.6. The third-order valence-electron chi connectivity index (χ3n) is 4.10. The molecule has 0 unspecified atom stereocenters. The molecule has 7 nitrogen and oxygen atoms in total. The zero-order valence-corrected chi connectivity index (χ0v) is 15.0. The summed E-state index contributed by atoms with van der Waals surface area (Å²) in [7, 11) is 0. The Bertz CT molecular complexity index is 737. The number of nitrogens with one attached hydrogen (secondary N) is 1. The monoisotopic (exact) mass is 373 g/mol. The van der Waals surface area contributed by atoms with Crippen molar-refractivity contribution in [2.75, 3.05) is 0 Å². The third kappa shape index (κ3) is 5.62. The molecule has 2 aromatic carbocycles. The Labute approximate surface area is 157 Å². The van der Waals surface area contributed by atoms with Crippen LogP contribution in [0.15, 0.2) is 60.7 Å². The Kier molecular flexibility index (Phi) is 7.48. The fraction of sp³-hybridized carbons (Fsp3) is 0.300. The van der Waals surface area contributed by atoms with Crippen LogP contribution >= 0.6 is 0 Å². The number of amides is 1. The first-order valence-electron chi connectivity index (χ1n) is 8.54. The van der Waals surface area contributed by atoms with Gasteiger partial charge < -0.3 is 14.9 Å². The standard InChI is InChI=1S/C20H23NO6/c1-2-20(25,19(23)24)17(26-13-15-9-5-3-6-10-15)18(22)21-27-14-16-11-7-4-8-12-16/h3-12,17,25H,2,13-14H2,1H3,(H,21,22)(H,23,24)/t17-,20+/m0/s1. The van der Waals surface area contributed by atoms with E-state index >= 15 is 0 Å². The molecule has 0 heterocycles. The largest absolute Gasteiger partial charge is 0.479 e. The SMILES string of the molecule is CC[C@](O)(C(=O)O)[C@@H](OCc1ccccc1)C(=O)NOCc1ccccc1. The van der Waals surface area contributed by atoms with Gasteiger partial charge in [0.1, 0.15) is 0 Å². The van der Waals surface area contributed by atoms with E-state index in [1.807, 2.05) is 36.4 Å². The van der Waals surface area contributed by atoms with E-state index in [-0.39, 0.29) is 19.6 Å². The number of rotatable bonds is 10. The van der Waals surface area contributed by atoms with E-state index in [1.165, 1.54) is 6.92 Å². The predicted molar refractivity (Wildman–Crippen MR) is 97.3 cm³/mol. The lowest BCUT2D eigenvalue weighted by Crippen LogP contribution is -2.57. The molecule has 7 heteroatoms.